The number of anilines is 1. The molecule has 1 aromatic rings. The predicted octanol–water partition coefficient (Wildman–Crippen LogP) is 2.49. The van der Waals surface area contributed by atoms with Crippen LogP contribution in [0.3, 0.4) is 0 Å². The molecule has 110 valence electrons. The minimum absolute atomic E-state index is 0.299. The van der Waals surface area contributed by atoms with Crippen LogP contribution >= 0.6 is 15.9 Å². The first-order valence-corrected chi connectivity index (χ1v) is 7.07. The Bertz CT molecular complexity index is 515. The molecule has 0 atom stereocenters. The Hall–Kier alpha value is -1.56. The van der Waals surface area contributed by atoms with Crippen LogP contribution in [0.2, 0.25) is 0 Å². The smallest absolute Gasteiger partial charge is 0.339 e. The maximum absolute atomic E-state index is 11.9. The van der Waals surface area contributed by atoms with Crippen LogP contribution < -0.4 is 11.1 Å². The van der Waals surface area contributed by atoms with Crippen molar-refractivity contribution < 1.29 is 14.3 Å². The third kappa shape index (κ3) is 4.85. The molecular formula is C14H19BrN2O3. The molecule has 5 nitrogen and oxygen atoms in total. The summed E-state index contributed by atoms with van der Waals surface area (Å²) in [5, 5.41) is 2.79. The number of carbonyl (C=O) groups excluding carboxylic acids is 2. The Morgan fingerprint density at radius 2 is 2.05 bits per heavy atom. The van der Waals surface area contributed by atoms with Crippen molar-refractivity contribution in [2.45, 2.75) is 32.7 Å². The largest absolute Gasteiger partial charge is 0.452 e. The van der Waals surface area contributed by atoms with Crippen molar-refractivity contribution in [3.63, 3.8) is 0 Å². The number of nitrogens with two attached hydrogens (primary N) is 1. The van der Waals surface area contributed by atoms with Gasteiger partial charge >= 0.3 is 5.97 Å². The van der Waals surface area contributed by atoms with Gasteiger partial charge in [0.25, 0.3) is 5.91 Å². The number of carbonyl (C=O) groups is 2. The van der Waals surface area contributed by atoms with Crippen LogP contribution in [0.5, 0.6) is 0 Å². The summed E-state index contributed by atoms with van der Waals surface area (Å²) >= 11 is 3.24. The van der Waals surface area contributed by atoms with Crippen LogP contribution in [0, 0.1) is 0 Å². The molecule has 0 aliphatic rings. The summed E-state index contributed by atoms with van der Waals surface area (Å²) in [6, 6.07) is 4.82. The first kappa shape index (κ1) is 16.5. The van der Waals surface area contributed by atoms with Crippen molar-refractivity contribution in [3.05, 3.63) is 28.2 Å². The minimum atomic E-state index is -0.589. The first-order valence-electron chi connectivity index (χ1n) is 6.28. The monoisotopic (exact) mass is 342 g/mol. The average molecular weight is 343 g/mol. The Morgan fingerprint density at radius 3 is 2.65 bits per heavy atom. The number of amides is 1. The summed E-state index contributed by atoms with van der Waals surface area (Å²) in [7, 11) is 0. The molecule has 20 heavy (non-hydrogen) atoms. The second kappa shape index (κ2) is 6.74. The van der Waals surface area contributed by atoms with Gasteiger partial charge < -0.3 is 15.8 Å². The number of hydrogen-bond acceptors (Lipinski definition) is 4. The fraction of sp³-hybridized carbons (Fsp3) is 0.429. The van der Waals surface area contributed by atoms with Crippen LogP contribution in [-0.4, -0.2) is 24.0 Å². The molecule has 0 fully saturated rings. The average Bonchev–Trinajstić information content (AvgIpc) is 2.38. The van der Waals surface area contributed by atoms with Gasteiger partial charge in [0.1, 0.15) is 0 Å². The predicted molar refractivity (Wildman–Crippen MR) is 81.3 cm³/mol. The molecule has 0 spiro atoms. The molecule has 1 aromatic carbocycles. The van der Waals surface area contributed by atoms with Crippen molar-refractivity contribution >= 4 is 33.5 Å². The number of nitrogens with one attached hydrogen (secondary N) is 1. The summed E-state index contributed by atoms with van der Waals surface area (Å²) < 4.78 is 5.55. The molecular weight excluding hydrogens is 324 g/mol. The summed E-state index contributed by atoms with van der Waals surface area (Å²) in [4.78, 5) is 23.6. The van der Waals surface area contributed by atoms with Crippen molar-refractivity contribution in [1.29, 1.82) is 0 Å². The Balaban J connectivity index is 2.60. The highest BCUT2D eigenvalue weighted by Crippen LogP contribution is 2.20. The van der Waals surface area contributed by atoms with Gasteiger partial charge in [0, 0.05) is 15.7 Å². The third-order valence-corrected chi connectivity index (χ3v) is 3.60. The topological polar surface area (TPSA) is 81.4 Å². The van der Waals surface area contributed by atoms with Crippen molar-refractivity contribution in [2.75, 3.05) is 12.3 Å². The normalized spacial score (nSPS) is 11.0. The van der Waals surface area contributed by atoms with E-state index in [1.807, 2.05) is 20.8 Å². The molecule has 0 aliphatic carbocycles. The van der Waals surface area contributed by atoms with E-state index in [4.69, 9.17) is 10.5 Å². The van der Waals surface area contributed by atoms with Crippen molar-refractivity contribution in [2.24, 2.45) is 0 Å². The number of halogens is 1. The highest BCUT2D eigenvalue weighted by atomic mass is 79.9. The lowest BCUT2D eigenvalue weighted by atomic mass is 10.0. The molecule has 0 saturated heterocycles. The Labute approximate surface area is 127 Å². The maximum atomic E-state index is 11.9. The van der Waals surface area contributed by atoms with Crippen LogP contribution in [0.1, 0.15) is 37.6 Å². The molecule has 0 bridgehead atoms. The van der Waals surface area contributed by atoms with E-state index in [9.17, 15) is 9.59 Å². The van der Waals surface area contributed by atoms with Gasteiger partial charge in [0.2, 0.25) is 0 Å². The second-order valence-electron chi connectivity index (χ2n) is 5.10. The van der Waals surface area contributed by atoms with Crippen LogP contribution in [0.25, 0.3) is 0 Å². The molecule has 0 saturated carbocycles. The van der Waals surface area contributed by atoms with Gasteiger partial charge in [-0.1, -0.05) is 6.92 Å². The molecule has 3 N–H and O–H groups in total. The number of benzene rings is 1. The number of esters is 1. The lowest BCUT2D eigenvalue weighted by Crippen LogP contribution is -2.44. The molecule has 0 radical (unpaired) electrons. The van der Waals surface area contributed by atoms with E-state index in [2.05, 4.69) is 21.2 Å². The molecule has 1 amide bonds. The zero-order chi connectivity index (χ0) is 15.3. The van der Waals surface area contributed by atoms with Gasteiger partial charge in [-0.05, 0) is 54.4 Å². The van der Waals surface area contributed by atoms with Crippen molar-refractivity contribution in [1.82, 2.24) is 5.32 Å². The summed E-state index contributed by atoms with van der Waals surface area (Å²) in [6.07, 6.45) is 0.785. The SMILES string of the molecule is CCC(C)(C)NC(=O)COC(=O)c1cc(N)ccc1Br. The zero-order valence-corrected chi connectivity index (χ0v) is 13.4. The maximum Gasteiger partial charge on any atom is 0.339 e. The van der Waals surface area contributed by atoms with E-state index < -0.39 is 5.97 Å². The number of rotatable bonds is 5. The van der Waals surface area contributed by atoms with Gasteiger partial charge in [-0.15, -0.1) is 0 Å². The second-order valence-corrected chi connectivity index (χ2v) is 5.96. The number of ether oxygens (including phenoxy) is 1. The molecule has 6 heteroatoms. The van der Waals surface area contributed by atoms with Gasteiger partial charge in [-0.3, -0.25) is 4.79 Å². The van der Waals surface area contributed by atoms with E-state index in [1.54, 1.807) is 12.1 Å². The van der Waals surface area contributed by atoms with Gasteiger partial charge in [-0.2, -0.15) is 0 Å². The lowest BCUT2D eigenvalue weighted by molar-refractivity contribution is -0.125. The molecule has 0 unspecified atom stereocenters. The minimum Gasteiger partial charge on any atom is -0.452 e. The van der Waals surface area contributed by atoms with E-state index >= 15 is 0 Å². The number of nitrogen functional groups attached to an aromatic ring is 1. The standard InChI is InChI=1S/C14H19BrN2O3/c1-4-14(2,3)17-12(18)8-20-13(19)10-7-9(16)5-6-11(10)15/h5-7H,4,8,16H2,1-3H3,(H,17,18). The lowest BCUT2D eigenvalue weighted by Gasteiger charge is -2.24. The first-order chi connectivity index (χ1) is 9.25. The van der Waals surface area contributed by atoms with E-state index in [-0.39, 0.29) is 18.1 Å². The fourth-order valence-corrected chi connectivity index (χ4v) is 1.82. The van der Waals surface area contributed by atoms with Gasteiger partial charge in [0.15, 0.2) is 6.61 Å². The molecule has 0 heterocycles. The van der Waals surface area contributed by atoms with Crippen LogP contribution in [0.15, 0.2) is 22.7 Å². The Kier molecular flexibility index (Phi) is 5.56. The fourth-order valence-electron chi connectivity index (χ4n) is 1.41. The molecule has 0 aromatic heterocycles. The zero-order valence-electron chi connectivity index (χ0n) is 11.8. The Morgan fingerprint density at radius 1 is 1.40 bits per heavy atom. The van der Waals surface area contributed by atoms with Crippen LogP contribution in [0.4, 0.5) is 5.69 Å². The van der Waals surface area contributed by atoms with Crippen LogP contribution in [-0.2, 0) is 9.53 Å². The van der Waals surface area contributed by atoms with Crippen molar-refractivity contribution in [3.8, 4) is 0 Å². The van der Waals surface area contributed by atoms with E-state index in [1.165, 1.54) is 6.07 Å². The summed E-state index contributed by atoms with van der Waals surface area (Å²) in [5.41, 5.74) is 6.05. The van der Waals surface area contributed by atoms with E-state index in [0.717, 1.165) is 6.42 Å². The van der Waals surface area contributed by atoms with Gasteiger partial charge in [-0.25, -0.2) is 4.79 Å². The quantitative estimate of drug-likeness (QED) is 0.636. The van der Waals surface area contributed by atoms with E-state index in [0.29, 0.717) is 15.7 Å². The van der Waals surface area contributed by atoms with Gasteiger partial charge in [0.05, 0.1) is 5.56 Å². The highest BCUT2D eigenvalue weighted by molar-refractivity contribution is 9.10. The highest BCUT2D eigenvalue weighted by Gasteiger charge is 2.19. The molecule has 0 aliphatic heterocycles. The summed E-state index contributed by atoms with van der Waals surface area (Å²) in [5.74, 6) is -0.918. The summed E-state index contributed by atoms with van der Waals surface area (Å²) in [6.45, 7) is 5.46. The third-order valence-electron chi connectivity index (χ3n) is 2.91. The number of hydrogen-bond donors (Lipinski definition) is 2. The molecule has 1 rings (SSSR count).